The smallest absolute Gasteiger partial charge is 0.369 e. The molecule has 1 amide bonds. The molecule has 2 heterocycles. The molecule has 1 atom stereocenters. The third-order valence-electron chi connectivity index (χ3n) is 4.60. The van der Waals surface area contributed by atoms with Crippen LogP contribution in [0.4, 0.5) is 32.0 Å². The van der Waals surface area contributed by atoms with Gasteiger partial charge in [0.05, 0.1) is 10.6 Å². The highest BCUT2D eigenvalue weighted by atomic mass is 32.2. The fourth-order valence-corrected chi connectivity index (χ4v) is 4.92. The summed E-state index contributed by atoms with van der Waals surface area (Å²) in [4.78, 5) is 14.6. The lowest BCUT2D eigenvalue weighted by Gasteiger charge is -2.36. The number of aliphatic hydroxyl groups is 1. The predicted octanol–water partition coefficient (Wildman–Crippen LogP) is 5.59. The summed E-state index contributed by atoms with van der Waals surface area (Å²) in [5.74, 6) is -0.380. The van der Waals surface area contributed by atoms with Crippen molar-refractivity contribution in [2.24, 2.45) is 0 Å². The maximum absolute atomic E-state index is 13.2. The van der Waals surface area contributed by atoms with Gasteiger partial charge in [-0.05, 0) is 30.0 Å². The zero-order chi connectivity index (χ0) is 21.6. The van der Waals surface area contributed by atoms with Gasteiger partial charge in [-0.25, -0.2) is 0 Å². The van der Waals surface area contributed by atoms with Crippen LogP contribution in [0.2, 0.25) is 0 Å². The van der Waals surface area contributed by atoms with Gasteiger partial charge < -0.3 is 10.0 Å². The van der Waals surface area contributed by atoms with Gasteiger partial charge in [0.15, 0.2) is 0 Å². The minimum absolute atomic E-state index is 0.0810. The van der Waals surface area contributed by atoms with E-state index in [1.807, 2.05) is 6.92 Å². The Bertz CT molecular complexity index is 881. The Hall–Kier alpha value is -1.72. The van der Waals surface area contributed by atoms with E-state index in [0.717, 1.165) is 17.8 Å². The van der Waals surface area contributed by atoms with Crippen molar-refractivity contribution in [3.05, 3.63) is 46.2 Å². The summed E-state index contributed by atoms with van der Waals surface area (Å²) in [7, 11) is 0. The molecule has 1 aromatic carbocycles. The second kappa shape index (κ2) is 7.51. The van der Waals surface area contributed by atoms with Crippen molar-refractivity contribution >= 4 is 34.7 Å². The molecule has 1 aromatic heterocycles. The molecule has 0 bridgehead atoms. The van der Waals surface area contributed by atoms with E-state index in [4.69, 9.17) is 0 Å². The van der Waals surface area contributed by atoms with E-state index in [9.17, 15) is 36.2 Å². The second-order valence-corrected chi connectivity index (χ2v) is 8.72. The fraction of sp³-hybridized carbons (Fsp3) is 0.389. The quantitative estimate of drug-likeness (QED) is 0.614. The molecule has 0 radical (unpaired) electrons. The van der Waals surface area contributed by atoms with Gasteiger partial charge in [0.25, 0.3) is 11.5 Å². The minimum Gasteiger partial charge on any atom is -0.369 e. The average Bonchev–Trinajstić information content (AvgIpc) is 3.18. The van der Waals surface area contributed by atoms with Crippen molar-refractivity contribution in [3.8, 4) is 0 Å². The van der Waals surface area contributed by atoms with E-state index in [-0.39, 0.29) is 28.3 Å². The lowest BCUT2D eigenvalue weighted by Crippen LogP contribution is -2.54. The normalized spacial score (nSPS) is 17.9. The molecule has 3 nitrogen and oxygen atoms in total. The SMILES string of the molecule is CC[C@H]1CN(C(=O)c2cccs2)c2ccc(C(O)(C(F)(F)F)C(F)(F)F)cc2S1. The van der Waals surface area contributed by atoms with Crippen LogP contribution < -0.4 is 4.90 Å². The summed E-state index contributed by atoms with van der Waals surface area (Å²) >= 11 is 2.28. The lowest BCUT2D eigenvalue weighted by molar-refractivity contribution is -0.376. The maximum Gasteiger partial charge on any atom is 0.430 e. The molecular formula is C18H15F6NO2S2. The van der Waals surface area contributed by atoms with Crippen LogP contribution in [0.25, 0.3) is 0 Å². The van der Waals surface area contributed by atoms with Crippen molar-refractivity contribution < 1.29 is 36.2 Å². The molecule has 0 saturated heterocycles. The van der Waals surface area contributed by atoms with Crippen molar-refractivity contribution in [2.75, 3.05) is 11.4 Å². The number of nitrogens with zero attached hydrogens (tertiary/aromatic N) is 1. The van der Waals surface area contributed by atoms with Gasteiger partial charge in [0, 0.05) is 22.3 Å². The van der Waals surface area contributed by atoms with E-state index in [2.05, 4.69) is 0 Å². The Labute approximate surface area is 170 Å². The molecule has 0 unspecified atom stereocenters. The Morgan fingerprint density at radius 1 is 1.17 bits per heavy atom. The van der Waals surface area contributed by atoms with E-state index >= 15 is 0 Å². The number of alkyl halides is 6. The van der Waals surface area contributed by atoms with Crippen molar-refractivity contribution in [1.82, 2.24) is 0 Å². The Kier molecular flexibility index (Phi) is 5.69. The van der Waals surface area contributed by atoms with Crippen LogP contribution in [0.1, 0.15) is 28.6 Å². The number of anilines is 1. The van der Waals surface area contributed by atoms with Crippen LogP contribution in [0.15, 0.2) is 40.6 Å². The monoisotopic (exact) mass is 455 g/mol. The molecule has 1 aliphatic rings. The van der Waals surface area contributed by atoms with Crippen LogP contribution in [-0.4, -0.2) is 35.2 Å². The number of amides is 1. The number of hydrogen-bond donors (Lipinski definition) is 1. The number of hydrogen-bond acceptors (Lipinski definition) is 4. The van der Waals surface area contributed by atoms with Crippen LogP contribution in [0.5, 0.6) is 0 Å². The number of rotatable bonds is 3. The molecule has 0 spiro atoms. The maximum atomic E-state index is 13.2. The minimum atomic E-state index is -5.96. The van der Waals surface area contributed by atoms with Crippen LogP contribution >= 0.6 is 23.1 Å². The molecule has 11 heteroatoms. The molecule has 1 N–H and O–H groups in total. The fourth-order valence-electron chi connectivity index (χ4n) is 3.00. The highest BCUT2D eigenvalue weighted by Crippen LogP contribution is 2.52. The zero-order valence-corrected chi connectivity index (χ0v) is 16.5. The van der Waals surface area contributed by atoms with Gasteiger partial charge in [0.1, 0.15) is 0 Å². The molecule has 2 aromatic rings. The molecule has 158 valence electrons. The molecule has 3 rings (SSSR count). The standard InChI is InChI=1S/C18H15F6NO2S2/c1-2-11-9-25(15(26)13-4-3-7-28-13)12-6-5-10(8-14(12)29-11)16(27,17(19,20)21)18(22,23)24/h3-8,11,27H,2,9H2,1H3/t11-/m0/s1. The van der Waals surface area contributed by atoms with Crippen LogP contribution in [0.3, 0.4) is 0 Å². The van der Waals surface area contributed by atoms with Gasteiger partial charge in [-0.1, -0.05) is 19.1 Å². The van der Waals surface area contributed by atoms with E-state index in [1.165, 1.54) is 16.2 Å². The first-order valence-electron chi connectivity index (χ1n) is 8.42. The van der Waals surface area contributed by atoms with Gasteiger partial charge >= 0.3 is 12.4 Å². The third kappa shape index (κ3) is 3.75. The van der Waals surface area contributed by atoms with E-state index in [1.54, 1.807) is 17.5 Å². The summed E-state index contributed by atoms with van der Waals surface area (Å²) < 4.78 is 79.3. The van der Waals surface area contributed by atoms with Crippen molar-refractivity contribution in [3.63, 3.8) is 0 Å². The molecule has 29 heavy (non-hydrogen) atoms. The summed E-state index contributed by atoms with van der Waals surface area (Å²) in [5, 5.41) is 11.1. The number of halogens is 6. The number of thioether (sulfide) groups is 1. The number of benzene rings is 1. The predicted molar refractivity (Wildman–Crippen MR) is 98.4 cm³/mol. The molecular weight excluding hydrogens is 440 g/mol. The largest absolute Gasteiger partial charge is 0.430 e. The highest BCUT2D eigenvalue weighted by Gasteiger charge is 2.71. The van der Waals surface area contributed by atoms with E-state index < -0.39 is 23.5 Å². The van der Waals surface area contributed by atoms with Gasteiger partial charge in [-0.15, -0.1) is 23.1 Å². The average molecular weight is 455 g/mol. The Balaban J connectivity index is 2.11. The molecule has 0 fully saturated rings. The number of carbonyl (C=O) groups excluding carboxylic acids is 1. The van der Waals surface area contributed by atoms with Crippen LogP contribution in [0, 0.1) is 0 Å². The second-order valence-electron chi connectivity index (χ2n) is 6.43. The highest BCUT2D eigenvalue weighted by molar-refractivity contribution is 8.00. The van der Waals surface area contributed by atoms with Gasteiger partial charge in [-0.3, -0.25) is 4.79 Å². The first-order valence-corrected chi connectivity index (χ1v) is 10.2. The number of fused-ring (bicyclic) bond motifs is 1. The number of thiophene rings is 1. The molecule has 0 aliphatic carbocycles. The van der Waals surface area contributed by atoms with Gasteiger partial charge in [0.2, 0.25) is 0 Å². The van der Waals surface area contributed by atoms with Crippen molar-refractivity contribution in [1.29, 1.82) is 0 Å². The third-order valence-corrected chi connectivity index (χ3v) is 6.86. The van der Waals surface area contributed by atoms with Crippen LogP contribution in [-0.2, 0) is 5.60 Å². The zero-order valence-electron chi connectivity index (χ0n) is 14.8. The summed E-state index contributed by atoms with van der Waals surface area (Å²) in [6.07, 6.45) is -11.4. The van der Waals surface area contributed by atoms with E-state index in [0.29, 0.717) is 23.4 Å². The summed E-state index contributed by atoms with van der Waals surface area (Å²) in [6.45, 7) is 2.08. The Morgan fingerprint density at radius 3 is 2.34 bits per heavy atom. The first kappa shape index (κ1) is 22.0. The summed E-state index contributed by atoms with van der Waals surface area (Å²) in [6, 6.07) is 5.54. The molecule has 0 saturated carbocycles. The summed E-state index contributed by atoms with van der Waals surface area (Å²) in [5.41, 5.74) is -6.12. The first-order chi connectivity index (χ1) is 13.4. The topological polar surface area (TPSA) is 40.5 Å². The Morgan fingerprint density at radius 2 is 1.83 bits per heavy atom. The lowest BCUT2D eigenvalue weighted by atomic mass is 9.92. The molecule has 1 aliphatic heterocycles. The number of carbonyl (C=O) groups is 1. The van der Waals surface area contributed by atoms with Gasteiger partial charge in [-0.2, -0.15) is 26.3 Å². The van der Waals surface area contributed by atoms with Crippen molar-refractivity contribution in [2.45, 2.75) is 41.4 Å².